The average Bonchev–Trinajstić information content (AvgIpc) is 2.89. The molecule has 0 aliphatic carbocycles. The zero-order valence-electron chi connectivity index (χ0n) is 10.2. The number of benzene rings is 1. The van der Waals surface area contributed by atoms with Gasteiger partial charge in [-0.05, 0) is 17.7 Å². The van der Waals surface area contributed by atoms with Gasteiger partial charge >= 0.3 is 6.18 Å². The van der Waals surface area contributed by atoms with Crippen molar-refractivity contribution < 1.29 is 17.9 Å². The summed E-state index contributed by atoms with van der Waals surface area (Å²) >= 11 is 5.72. The lowest BCUT2D eigenvalue weighted by molar-refractivity contribution is -0.188. The van der Waals surface area contributed by atoms with E-state index in [1.807, 2.05) is 0 Å². The molecule has 1 fully saturated rings. The molecule has 1 N–H and O–H groups in total. The van der Waals surface area contributed by atoms with Gasteiger partial charge in [-0.1, -0.05) is 23.7 Å². The summed E-state index contributed by atoms with van der Waals surface area (Å²) in [6, 6.07) is 5.35. The van der Waals surface area contributed by atoms with E-state index in [9.17, 15) is 13.2 Å². The van der Waals surface area contributed by atoms with Crippen molar-refractivity contribution in [3.8, 4) is 0 Å². The summed E-state index contributed by atoms with van der Waals surface area (Å²) in [5.41, 5.74) is -1.85. The highest BCUT2D eigenvalue weighted by Gasteiger charge is 2.87. The van der Waals surface area contributed by atoms with Crippen molar-refractivity contribution in [3.05, 3.63) is 34.9 Å². The zero-order chi connectivity index (χ0) is 14.6. The lowest BCUT2D eigenvalue weighted by Crippen LogP contribution is -2.46. The van der Waals surface area contributed by atoms with Gasteiger partial charge in [0.05, 0.1) is 6.21 Å². The van der Waals surface area contributed by atoms with E-state index in [0.717, 1.165) is 0 Å². The number of rotatable bonds is 1. The molecule has 3 rings (SSSR count). The number of nitrogens with one attached hydrogen (secondary N) is 1. The molecule has 1 aromatic carbocycles. The molecule has 1 aromatic rings. The van der Waals surface area contributed by atoms with Gasteiger partial charge in [0.2, 0.25) is 11.3 Å². The maximum absolute atomic E-state index is 13.6. The zero-order valence-corrected chi connectivity index (χ0v) is 11.0. The highest BCUT2D eigenvalue weighted by molar-refractivity contribution is 6.37. The number of halogens is 4. The van der Waals surface area contributed by atoms with Crippen molar-refractivity contribution in [2.75, 3.05) is 7.05 Å². The molecule has 1 saturated heterocycles. The quantitative estimate of drug-likeness (QED) is 0.810. The van der Waals surface area contributed by atoms with Gasteiger partial charge < -0.3 is 4.74 Å². The molecule has 0 aromatic heterocycles. The standard InChI is InChI=1S/C12H9ClF3N3O/c1-17-9-6-18-19-11(9)10(20-11,12(14,15)16)7-2-4-8(13)5-3-7/h2-6,19H,1H3. The van der Waals surface area contributed by atoms with Crippen molar-refractivity contribution in [1.29, 1.82) is 0 Å². The minimum absolute atomic E-state index is 0.0476. The molecule has 2 aliphatic rings. The fourth-order valence-corrected chi connectivity index (χ4v) is 2.58. The molecule has 20 heavy (non-hydrogen) atoms. The van der Waals surface area contributed by atoms with E-state index >= 15 is 0 Å². The van der Waals surface area contributed by atoms with E-state index in [4.69, 9.17) is 16.3 Å². The number of alkyl halides is 3. The van der Waals surface area contributed by atoms with Crippen LogP contribution in [0.1, 0.15) is 5.56 Å². The van der Waals surface area contributed by atoms with Crippen LogP contribution in [-0.2, 0) is 10.3 Å². The molecule has 4 nitrogen and oxygen atoms in total. The Kier molecular flexibility index (Phi) is 2.65. The Bertz CT molecular complexity index is 613. The van der Waals surface area contributed by atoms with E-state index in [2.05, 4.69) is 15.5 Å². The van der Waals surface area contributed by atoms with Crippen LogP contribution in [-0.4, -0.2) is 30.9 Å². The molecule has 0 saturated carbocycles. The van der Waals surface area contributed by atoms with Gasteiger partial charge in [-0.3, -0.25) is 10.4 Å². The summed E-state index contributed by atoms with van der Waals surface area (Å²) in [7, 11) is 1.39. The van der Waals surface area contributed by atoms with Crippen LogP contribution >= 0.6 is 11.6 Å². The van der Waals surface area contributed by atoms with Gasteiger partial charge in [-0.2, -0.15) is 18.3 Å². The van der Waals surface area contributed by atoms with E-state index in [1.165, 1.54) is 37.5 Å². The van der Waals surface area contributed by atoms with Crippen molar-refractivity contribution in [2.45, 2.75) is 17.5 Å². The Hall–Kier alpha value is -1.60. The molecule has 106 valence electrons. The molecule has 1 spiro atoms. The minimum atomic E-state index is -4.63. The Morgan fingerprint density at radius 3 is 2.50 bits per heavy atom. The number of aliphatic imine (C=N–C) groups is 1. The van der Waals surface area contributed by atoms with Crippen LogP contribution in [0, 0.1) is 0 Å². The molecular formula is C12H9ClF3N3O. The van der Waals surface area contributed by atoms with E-state index in [0.29, 0.717) is 5.02 Å². The Balaban J connectivity index is 2.13. The van der Waals surface area contributed by atoms with E-state index < -0.39 is 17.5 Å². The summed E-state index contributed by atoms with van der Waals surface area (Å²) in [6.07, 6.45) is -3.40. The monoisotopic (exact) mass is 303 g/mol. The van der Waals surface area contributed by atoms with Crippen LogP contribution in [0.4, 0.5) is 13.2 Å². The van der Waals surface area contributed by atoms with Crippen molar-refractivity contribution in [1.82, 2.24) is 5.43 Å². The predicted octanol–water partition coefficient (Wildman–Crippen LogP) is 2.48. The van der Waals surface area contributed by atoms with Crippen molar-refractivity contribution >= 4 is 23.5 Å². The molecule has 8 heteroatoms. The Morgan fingerprint density at radius 1 is 1.30 bits per heavy atom. The van der Waals surface area contributed by atoms with Gasteiger partial charge in [0.15, 0.2) is 0 Å². The number of ether oxygens (including phenoxy) is 1. The molecule has 2 unspecified atom stereocenters. The fraction of sp³-hybridized carbons (Fsp3) is 0.333. The summed E-state index contributed by atoms with van der Waals surface area (Å²) in [5, 5.41) is 3.99. The van der Waals surface area contributed by atoms with Crippen molar-refractivity contribution in [2.24, 2.45) is 10.1 Å². The maximum Gasteiger partial charge on any atom is 0.427 e. The molecule has 2 atom stereocenters. The van der Waals surface area contributed by atoms with Crippen LogP contribution in [0.5, 0.6) is 0 Å². The highest BCUT2D eigenvalue weighted by atomic mass is 35.5. The number of nitrogens with zero attached hydrogens (tertiary/aromatic N) is 2. The first-order valence-electron chi connectivity index (χ1n) is 5.68. The van der Waals surface area contributed by atoms with Gasteiger partial charge in [0, 0.05) is 12.1 Å². The van der Waals surface area contributed by atoms with Gasteiger partial charge in [0.1, 0.15) is 5.71 Å². The third-order valence-electron chi connectivity index (χ3n) is 3.42. The second-order valence-corrected chi connectivity index (χ2v) is 4.88. The molecule has 2 aliphatic heterocycles. The van der Waals surface area contributed by atoms with E-state index in [-0.39, 0.29) is 11.3 Å². The maximum atomic E-state index is 13.6. The van der Waals surface area contributed by atoms with Gasteiger partial charge in [0.25, 0.3) is 0 Å². The number of epoxide rings is 1. The summed E-state index contributed by atoms with van der Waals surface area (Å²) in [5.74, 6) is 0. The normalized spacial score (nSPS) is 33.8. The Morgan fingerprint density at radius 2 is 1.95 bits per heavy atom. The van der Waals surface area contributed by atoms with E-state index in [1.54, 1.807) is 0 Å². The lowest BCUT2D eigenvalue weighted by atomic mass is 9.88. The molecule has 0 amide bonds. The molecule has 0 radical (unpaired) electrons. The van der Waals surface area contributed by atoms with Crippen LogP contribution < -0.4 is 5.43 Å². The second-order valence-electron chi connectivity index (χ2n) is 4.45. The smallest absolute Gasteiger partial charge is 0.319 e. The number of hydrogen-bond acceptors (Lipinski definition) is 4. The first-order valence-corrected chi connectivity index (χ1v) is 6.05. The summed E-state index contributed by atoms with van der Waals surface area (Å²) in [6.45, 7) is 0. The second kappa shape index (κ2) is 3.95. The fourth-order valence-electron chi connectivity index (χ4n) is 2.45. The summed E-state index contributed by atoms with van der Waals surface area (Å²) < 4.78 is 45.9. The predicted molar refractivity (Wildman–Crippen MR) is 68.0 cm³/mol. The van der Waals surface area contributed by atoms with Crippen LogP contribution in [0.3, 0.4) is 0 Å². The topological polar surface area (TPSA) is 49.3 Å². The van der Waals surface area contributed by atoms with Crippen molar-refractivity contribution in [3.63, 3.8) is 0 Å². The Labute approximate surface area is 117 Å². The molecule has 2 heterocycles. The first-order chi connectivity index (χ1) is 9.37. The third kappa shape index (κ3) is 1.47. The van der Waals surface area contributed by atoms with Crippen LogP contribution in [0.15, 0.2) is 34.4 Å². The lowest BCUT2D eigenvalue weighted by Gasteiger charge is -2.20. The molecular weight excluding hydrogens is 295 g/mol. The number of hydrogen-bond donors (Lipinski definition) is 1. The SMILES string of the molecule is CN=C1C=NNC12OC2(c1ccc(Cl)cc1)C(F)(F)F. The minimum Gasteiger partial charge on any atom is -0.319 e. The highest BCUT2D eigenvalue weighted by Crippen LogP contribution is 2.64. The summed E-state index contributed by atoms with van der Waals surface area (Å²) in [4.78, 5) is 3.81. The van der Waals surface area contributed by atoms with Crippen LogP contribution in [0.2, 0.25) is 5.02 Å². The largest absolute Gasteiger partial charge is 0.427 e. The molecule has 0 bridgehead atoms. The average molecular weight is 304 g/mol. The van der Waals surface area contributed by atoms with Gasteiger partial charge in [-0.15, -0.1) is 0 Å². The van der Waals surface area contributed by atoms with Crippen LogP contribution in [0.25, 0.3) is 0 Å². The van der Waals surface area contributed by atoms with Gasteiger partial charge in [-0.25, -0.2) is 0 Å². The number of hydrazone groups is 1. The first kappa shape index (κ1) is 13.4. The third-order valence-corrected chi connectivity index (χ3v) is 3.67.